The maximum atomic E-state index is 8.94. The second kappa shape index (κ2) is 4.20. The predicted octanol–water partition coefficient (Wildman–Crippen LogP) is -0.141. The molecular weight excluding hydrogens is 193 g/mol. The van der Waals surface area contributed by atoms with Crippen LogP contribution in [0.1, 0.15) is 18.4 Å². The van der Waals surface area contributed by atoms with Crippen LogP contribution in [0.25, 0.3) is 0 Å². The van der Waals surface area contributed by atoms with Crippen LogP contribution in [-0.2, 0) is 0 Å². The molecule has 1 aromatic heterocycles. The van der Waals surface area contributed by atoms with Crippen LogP contribution < -0.4 is 10.2 Å². The summed E-state index contributed by atoms with van der Waals surface area (Å²) in [5, 5.41) is 17.9. The second-order valence-electron chi connectivity index (χ2n) is 4.02. The molecule has 80 valence electrons. The lowest BCUT2D eigenvalue weighted by Gasteiger charge is -2.08. The first-order chi connectivity index (χ1) is 7.16. The number of hydrogen-bond donors (Lipinski definition) is 2. The summed E-state index contributed by atoms with van der Waals surface area (Å²) in [5.74, 6) is 1.28. The lowest BCUT2D eigenvalue weighted by atomic mass is 9.81. The molecule has 15 heavy (non-hydrogen) atoms. The first kappa shape index (κ1) is 10.5. The minimum absolute atomic E-state index is 0.395. The highest BCUT2D eigenvalue weighted by atomic mass is 16.5. The van der Waals surface area contributed by atoms with Gasteiger partial charge in [0.15, 0.2) is 0 Å². The monoisotopic (exact) mass is 207 g/mol. The fourth-order valence-electron chi connectivity index (χ4n) is 1.36. The van der Waals surface area contributed by atoms with E-state index >= 15 is 0 Å². The van der Waals surface area contributed by atoms with Crippen LogP contribution in [0.2, 0.25) is 0 Å². The zero-order valence-corrected chi connectivity index (χ0v) is 8.68. The molecule has 1 fully saturated rings. The third kappa shape index (κ3) is 2.70. The van der Waals surface area contributed by atoms with Crippen molar-refractivity contribution in [1.29, 1.82) is 0 Å². The SMILES string of the molecule is Cc1cc(B(O)O)cnc1OCC1CC1. The third-order valence-electron chi connectivity index (χ3n) is 2.50. The molecule has 1 saturated carbocycles. The van der Waals surface area contributed by atoms with Gasteiger partial charge in [0.1, 0.15) is 0 Å². The third-order valence-corrected chi connectivity index (χ3v) is 2.50. The highest BCUT2D eigenvalue weighted by Crippen LogP contribution is 2.29. The lowest BCUT2D eigenvalue weighted by molar-refractivity contribution is 0.286. The van der Waals surface area contributed by atoms with Crippen molar-refractivity contribution in [1.82, 2.24) is 4.98 Å². The van der Waals surface area contributed by atoms with Crippen molar-refractivity contribution in [3.05, 3.63) is 17.8 Å². The summed E-state index contributed by atoms with van der Waals surface area (Å²) in [6.45, 7) is 2.57. The van der Waals surface area contributed by atoms with E-state index in [2.05, 4.69) is 4.98 Å². The number of hydrogen-bond acceptors (Lipinski definition) is 4. The van der Waals surface area contributed by atoms with Gasteiger partial charge in [0.05, 0.1) is 6.61 Å². The van der Waals surface area contributed by atoms with Crippen molar-refractivity contribution >= 4 is 12.6 Å². The highest BCUT2D eigenvalue weighted by molar-refractivity contribution is 6.58. The Morgan fingerprint density at radius 1 is 1.53 bits per heavy atom. The standard InChI is InChI=1S/C10H14BNO3/c1-7-4-9(11(13)14)5-12-10(7)15-6-8-2-3-8/h4-5,8,13-14H,2-3,6H2,1H3. The fourth-order valence-corrected chi connectivity index (χ4v) is 1.36. The Morgan fingerprint density at radius 3 is 2.80 bits per heavy atom. The maximum absolute atomic E-state index is 8.94. The molecule has 0 amide bonds. The van der Waals surface area contributed by atoms with Crippen LogP contribution in [0, 0.1) is 12.8 Å². The molecule has 0 spiro atoms. The molecule has 1 aliphatic carbocycles. The summed E-state index contributed by atoms with van der Waals surface area (Å²) in [6.07, 6.45) is 3.92. The number of aromatic nitrogens is 1. The van der Waals surface area contributed by atoms with Gasteiger partial charge < -0.3 is 14.8 Å². The van der Waals surface area contributed by atoms with Crippen LogP contribution in [0.15, 0.2) is 12.3 Å². The minimum atomic E-state index is -1.46. The van der Waals surface area contributed by atoms with Crippen molar-refractivity contribution in [3.63, 3.8) is 0 Å². The van der Waals surface area contributed by atoms with Crippen molar-refractivity contribution < 1.29 is 14.8 Å². The lowest BCUT2D eigenvalue weighted by Crippen LogP contribution is -2.30. The average molecular weight is 207 g/mol. The van der Waals surface area contributed by atoms with Gasteiger partial charge in [-0.05, 0) is 25.7 Å². The molecule has 2 rings (SSSR count). The zero-order chi connectivity index (χ0) is 10.8. The van der Waals surface area contributed by atoms with E-state index in [1.807, 2.05) is 6.92 Å². The summed E-state index contributed by atoms with van der Waals surface area (Å²) in [5.41, 5.74) is 1.23. The number of pyridine rings is 1. The van der Waals surface area contributed by atoms with Crippen LogP contribution in [0.3, 0.4) is 0 Å². The molecule has 2 N–H and O–H groups in total. The Balaban J connectivity index is 2.04. The van der Waals surface area contributed by atoms with Crippen molar-refractivity contribution in [2.45, 2.75) is 19.8 Å². The number of rotatable bonds is 4. The topological polar surface area (TPSA) is 62.6 Å². The normalized spacial score (nSPS) is 15.1. The van der Waals surface area contributed by atoms with E-state index in [9.17, 15) is 0 Å². The smallest absolute Gasteiger partial charge is 0.477 e. The largest absolute Gasteiger partial charge is 0.490 e. The van der Waals surface area contributed by atoms with Crippen LogP contribution >= 0.6 is 0 Å². The Labute approximate surface area is 89.1 Å². The van der Waals surface area contributed by atoms with Gasteiger partial charge in [-0.3, -0.25) is 0 Å². The van der Waals surface area contributed by atoms with E-state index < -0.39 is 7.12 Å². The molecule has 1 heterocycles. The first-order valence-corrected chi connectivity index (χ1v) is 5.12. The molecular formula is C10H14BNO3. The van der Waals surface area contributed by atoms with Crippen LogP contribution in [0.4, 0.5) is 0 Å². The molecule has 1 aliphatic rings. The summed E-state index contributed by atoms with van der Waals surface area (Å²) in [4.78, 5) is 4.06. The molecule has 5 heteroatoms. The molecule has 0 aromatic carbocycles. The predicted molar refractivity (Wildman–Crippen MR) is 57.0 cm³/mol. The number of nitrogens with zero attached hydrogens (tertiary/aromatic N) is 1. The quantitative estimate of drug-likeness (QED) is 0.674. The molecule has 1 aromatic rings. The molecule has 0 aliphatic heterocycles. The van der Waals surface area contributed by atoms with E-state index in [-0.39, 0.29) is 0 Å². The number of ether oxygens (including phenoxy) is 1. The minimum Gasteiger partial charge on any atom is -0.477 e. The average Bonchev–Trinajstić information content (AvgIpc) is 2.99. The Bertz CT molecular complexity index is 353. The van der Waals surface area contributed by atoms with Gasteiger partial charge in [-0.25, -0.2) is 4.98 Å². The Kier molecular flexibility index (Phi) is 2.93. The van der Waals surface area contributed by atoms with E-state index in [0.717, 1.165) is 12.2 Å². The zero-order valence-electron chi connectivity index (χ0n) is 8.68. The molecule has 0 radical (unpaired) electrons. The van der Waals surface area contributed by atoms with E-state index in [4.69, 9.17) is 14.8 Å². The van der Waals surface area contributed by atoms with Gasteiger partial charge in [-0.1, -0.05) is 6.07 Å². The van der Waals surface area contributed by atoms with Crippen molar-refractivity contribution in [3.8, 4) is 5.88 Å². The van der Waals surface area contributed by atoms with E-state index in [1.165, 1.54) is 19.0 Å². The first-order valence-electron chi connectivity index (χ1n) is 5.12. The van der Waals surface area contributed by atoms with Gasteiger partial charge in [0.25, 0.3) is 0 Å². The van der Waals surface area contributed by atoms with Gasteiger partial charge in [0.2, 0.25) is 5.88 Å². The van der Waals surface area contributed by atoms with Crippen molar-refractivity contribution in [2.24, 2.45) is 5.92 Å². The van der Waals surface area contributed by atoms with Gasteiger partial charge in [-0.2, -0.15) is 0 Å². The molecule has 0 atom stereocenters. The summed E-state index contributed by atoms with van der Waals surface area (Å²) in [7, 11) is -1.46. The van der Waals surface area contributed by atoms with E-state index in [1.54, 1.807) is 6.07 Å². The molecule has 0 bridgehead atoms. The molecule has 4 nitrogen and oxygen atoms in total. The molecule has 0 unspecified atom stereocenters. The summed E-state index contributed by atoms with van der Waals surface area (Å²) >= 11 is 0. The molecule has 0 saturated heterocycles. The highest BCUT2D eigenvalue weighted by Gasteiger charge is 2.22. The van der Waals surface area contributed by atoms with Gasteiger partial charge in [-0.15, -0.1) is 0 Å². The van der Waals surface area contributed by atoms with Crippen LogP contribution in [0.5, 0.6) is 5.88 Å². The summed E-state index contributed by atoms with van der Waals surface area (Å²) < 4.78 is 5.52. The number of aryl methyl sites for hydroxylation is 1. The summed E-state index contributed by atoms with van der Waals surface area (Å²) in [6, 6.07) is 1.68. The Morgan fingerprint density at radius 2 is 2.27 bits per heavy atom. The second-order valence-corrected chi connectivity index (χ2v) is 4.02. The van der Waals surface area contributed by atoms with Crippen molar-refractivity contribution in [2.75, 3.05) is 6.61 Å². The van der Waals surface area contributed by atoms with Gasteiger partial charge in [0, 0.05) is 17.2 Å². The Hall–Kier alpha value is -1.07. The fraction of sp³-hybridized carbons (Fsp3) is 0.500. The van der Waals surface area contributed by atoms with Gasteiger partial charge >= 0.3 is 7.12 Å². The maximum Gasteiger partial charge on any atom is 0.490 e. The van der Waals surface area contributed by atoms with Crippen LogP contribution in [-0.4, -0.2) is 28.8 Å². The van der Waals surface area contributed by atoms with E-state index in [0.29, 0.717) is 17.3 Å².